The summed E-state index contributed by atoms with van der Waals surface area (Å²) in [7, 11) is 4.66. The Bertz CT molecular complexity index is 862. The van der Waals surface area contributed by atoms with E-state index < -0.39 is 0 Å². The van der Waals surface area contributed by atoms with E-state index >= 15 is 0 Å². The molecule has 1 heterocycles. The molecule has 1 aromatic heterocycles. The molecular weight excluding hydrogens is 320 g/mol. The zero-order valence-electron chi connectivity index (χ0n) is 14.2. The van der Waals surface area contributed by atoms with E-state index in [9.17, 15) is 4.79 Å². The molecule has 0 saturated carbocycles. The second kappa shape index (κ2) is 7.09. The number of methoxy groups -OCH3 is 3. The van der Waals surface area contributed by atoms with Gasteiger partial charge in [-0.1, -0.05) is 30.3 Å². The van der Waals surface area contributed by atoms with Gasteiger partial charge in [0.05, 0.1) is 33.2 Å². The van der Waals surface area contributed by atoms with Crippen molar-refractivity contribution in [1.29, 1.82) is 0 Å². The van der Waals surface area contributed by atoms with Crippen LogP contribution in [0.1, 0.15) is 16.2 Å². The second-order valence-electron chi connectivity index (χ2n) is 5.25. The molecule has 0 bridgehead atoms. The van der Waals surface area contributed by atoms with Crippen molar-refractivity contribution in [2.75, 3.05) is 21.3 Å². The molecule has 128 valence electrons. The lowest BCUT2D eigenvalue weighted by atomic mass is 10.1. The minimum Gasteiger partial charge on any atom is -0.493 e. The Morgan fingerprint density at radius 1 is 0.960 bits per heavy atom. The average Bonchev–Trinajstić information content (AvgIpc) is 3.17. The van der Waals surface area contributed by atoms with E-state index in [1.54, 1.807) is 51.8 Å². The molecule has 0 aliphatic heterocycles. The molecule has 6 nitrogen and oxygen atoms in total. The van der Waals surface area contributed by atoms with Crippen molar-refractivity contribution in [1.82, 2.24) is 9.97 Å². The number of imidazole rings is 1. The van der Waals surface area contributed by atoms with Crippen LogP contribution in [0.5, 0.6) is 17.2 Å². The predicted molar refractivity (Wildman–Crippen MR) is 93.6 cm³/mol. The second-order valence-corrected chi connectivity index (χ2v) is 5.25. The van der Waals surface area contributed by atoms with Gasteiger partial charge in [-0.15, -0.1) is 0 Å². The standard InChI is InChI=1S/C19H18N2O4/c1-23-15-9-13(10-16(24-2)18(15)25-3)14-11-20-19(21-14)17(22)12-7-5-4-6-8-12/h4-11H,1-3H3,(H,20,21). The number of carbonyl (C=O) groups excluding carboxylic acids is 1. The van der Waals surface area contributed by atoms with E-state index in [0.717, 1.165) is 5.56 Å². The number of aromatic nitrogens is 2. The number of benzene rings is 2. The van der Waals surface area contributed by atoms with Gasteiger partial charge < -0.3 is 19.2 Å². The van der Waals surface area contributed by atoms with Gasteiger partial charge in [-0.25, -0.2) is 4.98 Å². The van der Waals surface area contributed by atoms with Crippen LogP contribution in [0.15, 0.2) is 48.7 Å². The number of rotatable bonds is 6. The monoisotopic (exact) mass is 338 g/mol. The first-order chi connectivity index (χ1) is 12.2. The number of H-pyrrole nitrogens is 1. The molecule has 0 atom stereocenters. The molecule has 0 amide bonds. The fourth-order valence-electron chi connectivity index (χ4n) is 2.55. The fourth-order valence-corrected chi connectivity index (χ4v) is 2.55. The molecule has 0 spiro atoms. The Balaban J connectivity index is 1.99. The highest BCUT2D eigenvalue weighted by Gasteiger charge is 2.17. The summed E-state index contributed by atoms with van der Waals surface area (Å²) < 4.78 is 16.0. The van der Waals surface area contributed by atoms with E-state index in [0.29, 0.717) is 28.5 Å². The maximum absolute atomic E-state index is 12.5. The van der Waals surface area contributed by atoms with E-state index in [1.807, 2.05) is 18.2 Å². The summed E-state index contributed by atoms with van der Waals surface area (Å²) in [6, 6.07) is 12.6. The number of ether oxygens (including phenoxy) is 3. The number of carbonyl (C=O) groups is 1. The van der Waals surface area contributed by atoms with Gasteiger partial charge in [0, 0.05) is 11.1 Å². The molecule has 2 aromatic carbocycles. The van der Waals surface area contributed by atoms with Gasteiger partial charge in [-0.05, 0) is 12.1 Å². The third-order valence-corrected chi connectivity index (χ3v) is 3.80. The third kappa shape index (κ3) is 3.19. The highest BCUT2D eigenvalue weighted by Crippen LogP contribution is 2.40. The first kappa shape index (κ1) is 16.6. The number of nitrogens with zero attached hydrogens (tertiary/aromatic N) is 1. The molecule has 3 rings (SSSR count). The lowest BCUT2D eigenvalue weighted by molar-refractivity contribution is 0.103. The lowest BCUT2D eigenvalue weighted by Gasteiger charge is -2.13. The summed E-state index contributed by atoms with van der Waals surface area (Å²) in [4.78, 5) is 19.7. The van der Waals surface area contributed by atoms with Crippen LogP contribution in [0, 0.1) is 0 Å². The number of nitrogens with one attached hydrogen (secondary N) is 1. The van der Waals surface area contributed by atoms with Crippen molar-refractivity contribution in [2.24, 2.45) is 0 Å². The third-order valence-electron chi connectivity index (χ3n) is 3.80. The highest BCUT2D eigenvalue weighted by molar-refractivity contribution is 6.06. The minimum atomic E-state index is -0.167. The molecule has 0 aliphatic rings. The van der Waals surface area contributed by atoms with Gasteiger partial charge in [0.15, 0.2) is 17.3 Å². The lowest BCUT2D eigenvalue weighted by Crippen LogP contribution is -2.03. The van der Waals surface area contributed by atoms with Gasteiger partial charge in [-0.3, -0.25) is 4.79 Å². The summed E-state index contributed by atoms with van der Waals surface area (Å²) >= 11 is 0. The molecule has 1 N–H and O–H groups in total. The Morgan fingerprint density at radius 2 is 1.60 bits per heavy atom. The molecule has 0 saturated heterocycles. The van der Waals surface area contributed by atoms with E-state index in [4.69, 9.17) is 14.2 Å². The zero-order chi connectivity index (χ0) is 17.8. The quantitative estimate of drug-likeness (QED) is 0.698. The van der Waals surface area contributed by atoms with Crippen molar-refractivity contribution >= 4 is 5.78 Å². The van der Waals surface area contributed by atoms with Crippen LogP contribution in [-0.4, -0.2) is 37.1 Å². The zero-order valence-corrected chi connectivity index (χ0v) is 14.2. The van der Waals surface area contributed by atoms with E-state index in [1.165, 1.54) is 0 Å². The number of aromatic amines is 1. The first-order valence-electron chi connectivity index (χ1n) is 7.63. The van der Waals surface area contributed by atoms with Crippen LogP contribution in [0.4, 0.5) is 0 Å². The van der Waals surface area contributed by atoms with Crippen LogP contribution in [-0.2, 0) is 0 Å². The molecule has 0 fully saturated rings. The summed E-state index contributed by atoms with van der Waals surface area (Å²) in [5, 5.41) is 0. The average molecular weight is 338 g/mol. The van der Waals surface area contributed by atoms with Gasteiger partial charge in [0.2, 0.25) is 11.5 Å². The van der Waals surface area contributed by atoms with Crippen LogP contribution in [0.25, 0.3) is 11.3 Å². The molecule has 0 radical (unpaired) electrons. The highest BCUT2D eigenvalue weighted by atomic mass is 16.5. The van der Waals surface area contributed by atoms with Crippen LogP contribution in [0.3, 0.4) is 0 Å². The number of ketones is 1. The Morgan fingerprint density at radius 3 is 2.16 bits per heavy atom. The Kier molecular flexibility index (Phi) is 4.70. The summed E-state index contributed by atoms with van der Waals surface area (Å²) in [5.41, 5.74) is 2.03. The maximum atomic E-state index is 12.5. The molecule has 25 heavy (non-hydrogen) atoms. The minimum absolute atomic E-state index is 0.167. The number of hydrogen-bond donors (Lipinski definition) is 1. The fraction of sp³-hybridized carbons (Fsp3) is 0.158. The molecule has 0 aliphatic carbocycles. The van der Waals surface area contributed by atoms with Crippen molar-refractivity contribution < 1.29 is 19.0 Å². The normalized spacial score (nSPS) is 10.4. The van der Waals surface area contributed by atoms with E-state index in [-0.39, 0.29) is 11.6 Å². The van der Waals surface area contributed by atoms with Crippen molar-refractivity contribution in [3.63, 3.8) is 0 Å². The van der Waals surface area contributed by atoms with E-state index in [2.05, 4.69) is 9.97 Å². The summed E-state index contributed by atoms with van der Waals surface area (Å²) in [6.07, 6.45) is 1.61. The maximum Gasteiger partial charge on any atom is 0.228 e. The molecule has 0 unspecified atom stereocenters. The molecule has 3 aromatic rings. The van der Waals surface area contributed by atoms with Crippen LogP contribution < -0.4 is 14.2 Å². The van der Waals surface area contributed by atoms with Gasteiger partial charge >= 0.3 is 0 Å². The van der Waals surface area contributed by atoms with Gasteiger partial charge in [-0.2, -0.15) is 0 Å². The molecule has 6 heteroatoms. The molecular formula is C19H18N2O4. The Hall–Kier alpha value is -3.28. The number of hydrogen-bond acceptors (Lipinski definition) is 5. The Labute approximate surface area is 145 Å². The predicted octanol–water partition coefficient (Wildman–Crippen LogP) is 3.33. The van der Waals surface area contributed by atoms with Crippen LogP contribution in [0.2, 0.25) is 0 Å². The topological polar surface area (TPSA) is 73.4 Å². The smallest absolute Gasteiger partial charge is 0.228 e. The largest absolute Gasteiger partial charge is 0.493 e. The van der Waals surface area contributed by atoms with Crippen LogP contribution >= 0.6 is 0 Å². The van der Waals surface area contributed by atoms with Crippen molar-refractivity contribution in [3.8, 4) is 28.5 Å². The summed E-state index contributed by atoms with van der Waals surface area (Å²) in [5.74, 6) is 1.67. The van der Waals surface area contributed by atoms with Crippen molar-refractivity contribution in [2.45, 2.75) is 0 Å². The first-order valence-corrected chi connectivity index (χ1v) is 7.63. The SMILES string of the molecule is COc1cc(-c2cnc(C(=O)c3ccccc3)[nH]2)cc(OC)c1OC. The van der Waals surface area contributed by atoms with Gasteiger partial charge in [0.1, 0.15) is 0 Å². The van der Waals surface area contributed by atoms with Crippen molar-refractivity contribution in [3.05, 3.63) is 60.0 Å². The van der Waals surface area contributed by atoms with Gasteiger partial charge in [0.25, 0.3) is 0 Å². The summed E-state index contributed by atoms with van der Waals surface area (Å²) in [6.45, 7) is 0.